The lowest BCUT2D eigenvalue weighted by atomic mass is 10.1. The minimum absolute atomic E-state index is 0.0364. The summed E-state index contributed by atoms with van der Waals surface area (Å²) in [5.74, 6) is 1.25. The summed E-state index contributed by atoms with van der Waals surface area (Å²) < 4.78 is 10.8. The van der Waals surface area contributed by atoms with E-state index in [2.05, 4.69) is 10.6 Å². The van der Waals surface area contributed by atoms with Crippen LogP contribution in [0, 0.1) is 0 Å². The highest BCUT2D eigenvalue weighted by Crippen LogP contribution is 2.25. The molecular formula is C19H23ClN2O3. The van der Waals surface area contributed by atoms with E-state index in [1.807, 2.05) is 55.5 Å². The van der Waals surface area contributed by atoms with Gasteiger partial charge in [-0.3, -0.25) is 4.79 Å². The van der Waals surface area contributed by atoms with Crippen LogP contribution in [-0.4, -0.2) is 32.7 Å². The molecule has 0 fully saturated rings. The van der Waals surface area contributed by atoms with E-state index in [4.69, 9.17) is 21.1 Å². The first-order valence-electron chi connectivity index (χ1n) is 8.11. The van der Waals surface area contributed by atoms with Crippen LogP contribution in [0.3, 0.4) is 0 Å². The predicted molar refractivity (Wildman–Crippen MR) is 99.4 cm³/mol. The molecule has 2 rings (SSSR count). The number of hydrogen-bond acceptors (Lipinski definition) is 4. The zero-order valence-electron chi connectivity index (χ0n) is 14.4. The van der Waals surface area contributed by atoms with Crippen molar-refractivity contribution in [2.24, 2.45) is 0 Å². The summed E-state index contributed by atoms with van der Waals surface area (Å²) >= 11 is 5.98. The highest BCUT2D eigenvalue weighted by Gasteiger charge is 2.08. The number of para-hydroxylation sites is 2. The first kappa shape index (κ1) is 19.1. The molecule has 0 aromatic heterocycles. The fourth-order valence-electron chi connectivity index (χ4n) is 2.29. The SMILES string of the molecule is COc1ccccc1OCCNC(=O)CN[C@H](C)c1cccc(Cl)c1. The maximum absolute atomic E-state index is 11.9. The van der Waals surface area contributed by atoms with Gasteiger partial charge in [0.2, 0.25) is 5.91 Å². The van der Waals surface area contributed by atoms with E-state index < -0.39 is 0 Å². The monoisotopic (exact) mass is 362 g/mol. The number of benzene rings is 2. The molecule has 0 bridgehead atoms. The number of nitrogens with one attached hydrogen (secondary N) is 2. The minimum Gasteiger partial charge on any atom is -0.493 e. The molecule has 0 spiro atoms. The molecule has 6 heteroatoms. The van der Waals surface area contributed by atoms with Gasteiger partial charge >= 0.3 is 0 Å². The molecule has 0 saturated carbocycles. The van der Waals surface area contributed by atoms with Crippen molar-refractivity contribution in [3.8, 4) is 11.5 Å². The van der Waals surface area contributed by atoms with Gasteiger partial charge in [-0.2, -0.15) is 0 Å². The second-order valence-corrected chi connectivity index (χ2v) is 5.94. The summed E-state index contributed by atoms with van der Waals surface area (Å²) in [4.78, 5) is 11.9. The van der Waals surface area contributed by atoms with Gasteiger partial charge in [0.1, 0.15) is 6.61 Å². The van der Waals surface area contributed by atoms with Crippen molar-refractivity contribution in [3.63, 3.8) is 0 Å². The molecule has 0 saturated heterocycles. The minimum atomic E-state index is -0.0856. The van der Waals surface area contributed by atoms with E-state index in [0.717, 1.165) is 5.56 Å². The molecule has 2 N–H and O–H groups in total. The number of carbonyl (C=O) groups excluding carboxylic acids is 1. The summed E-state index contributed by atoms with van der Waals surface area (Å²) in [5.41, 5.74) is 1.04. The Kier molecular flexibility index (Phi) is 7.57. The lowest BCUT2D eigenvalue weighted by Gasteiger charge is -2.15. The second kappa shape index (κ2) is 9.91. The van der Waals surface area contributed by atoms with Crippen LogP contribution in [0.25, 0.3) is 0 Å². The van der Waals surface area contributed by atoms with E-state index in [1.54, 1.807) is 7.11 Å². The highest BCUT2D eigenvalue weighted by atomic mass is 35.5. The van der Waals surface area contributed by atoms with Crippen LogP contribution in [0.1, 0.15) is 18.5 Å². The summed E-state index contributed by atoms with van der Waals surface area (Å²) in [6.45, 7) is 3.01. The Balaban J connectivity index is 1.67. The van der Waals surface area contributed by atoms with Crippen molar-refractivity contribution in [1.82, 2.24) is 10.6 Å². The quantitative estimate of drug-likeness (QED) is 0.672. The summed E-state index contributed by atoms with van der Waals surface area (Å²) in [5, 5.41) is 6.67. The first-order chi connectivity index (χ1) is 12.1. The van der Waals surface area contributed by atoms with Gasteiger partial charge in [0.25, 0.3) is 0 Å². The van der Waals surface area contributed by atoms with Crippen LogP contribution < -0.4 is 20.1 Å². The largest absolute Gasteiger partial charge is 0.493 e. The Morgan fingerprint density at radius 2 is 1.92 bits per heavy atom. The molecule has 0 aliphatic rings. The normalized spacial score (nSPS) is 11.6. The van der Waals surface area contributed by atoms with Gasteiger partial charge in [-0.25, -0.2) is 0 Å². The van der Waals surface area contributed by atoms with E-state index in [9.17, 15) is 4.79 Å². The molecule has 0 heterocycles. The smallest absolute Gasteiger partial charge is 0.234 e. The van der Waals surface area contributed by atoms with Gasteiger partial charge in [-0.05, 0) is 36.8 Å². The second-order valence-electron chi connectivity index (χ2n) is 5.51. The van der Waals surface area contributed by atoms with Crippen LogP contribution in [0.5, 0.6) is 11.5 Å². The molecule has 0 aliphatic carbocycles. The zero-order valence-corrected chi connectivity index (χ0v) is 15.2. The Morgan fingerprint density at radius 3 is 2.64 bits per heavy atom. The van der Waals surface area contributed by atoms with Crippen molar-refractivity contribution in [1.29, 1.82) is 0 Å². The molecule has 2 aromatic rings. The topological polar surface area (TPSA) is 59.6 Å². The third kappa shape index (κ3) is 6.29. The van der Waals surface area contributed by atoms with Crippen molar-refractivity contribution in [3.05, 3.63) is 59.1 Å². The Hall–Kier alpha value is -2.24. The fraction of sp³-hybridized carbons (Fsp3) is 0.316. The maximum Gasteiger partial charge on any atom is 0.234 e. The summed E-state index contributed by atoms with van der Waals surface area (Å²) in [7, 11) is 1.59. The number of rotatable bonds is 9. The van der Waals surface area contributed by atoms with Crippen LogP contribution in [0.4, 0.5) is 0 Å². The van der Waals surface area contributed by atoms with Crippen LogP contribution in [0.15, 0.2) is 48.5 Å². The van der Waals surface area contributed by atoms with Crippen LogP contribution in [-0.2, 0) is 4.79 Å². The Bertz CT molecular complexity index is 694. The van der Waals surface area contributed by atoms with Crippen molar-refractivity contribution < 1.29 is 14.3 Å². The maximum atomic E-state index is 11.9. The number of amides is 1. The lowest BCUT2D eigenvalue weighted by molar-refractivity contribution is -0.120. The highest BCUT2D eigenvalue weighted by molar-refractivity contribution is 6.30. The van der Waals surface area contributed by atoms with E-state index in [-0.39, 0.29) is 18.5 Å². The Labute approximate surface area is 153 Å². The standard InChI is InChI=1S/C19H23ClN2O3/c1-14(15-6-5-7-16(20)12-15)22-13-19(23)21-10-11-25-18-9-4-3-8-17(18)24-2/h3-9,12,14,22H,10-11,13H2,1-2H3,(H,21,23)/t14-/m1/s1. The molecule has 134 valence electrons. The molecule has 1 amide bonds. The average Bonchev–Trinajstić information content (AvgIpc) is 2.63. The Morgan fingerprint density at radius 1 is 1.16 bits per heavy atom. The molecule has 0 unspecified atom stereocenters. The number of hydrogen-bond donors (Lipinski definition) is 2. The number of methoxy groups -OCH3 is 1. The number of ether oxygens (including phenoxy) is 2. The fourth-order valence-corrected chi connectivity index (χ4v) is 2.49. The molecule has 25 heavy (non-hydrogen) atoms. The first-order valence-corrected chi connectivity index (χ1v) is 8.49. The third-order valence-electron chi connectivity index (χ3n) is 3.67. The molecule has 2 aromatic carbocycles. The van der Waals surface area contributed by atoms with Crippen molar-refractivity contribution in [2.75, 3.05) is 26.8 Å². The molecule has 0 aliphatic heterocycles. The molecule has 0 radical (unpaired) electrons. The van der Waals surface area contributed by atoms with Crippen molar-refractivity contribution in [2.45, 2.75) is 13.0 Å². The van der Waals surface area contributed by atoms with Gasteiger partial charge in [0.05, 0.1) is 20.2 Å². The van der Waals surface area contributed by atoms with Gasteiger partial charge < -0.3 is 20.1 Å². The van der Waals surface area contributed by atoms with Gasteiger partial charge in [0, 0.05) is 11.1 Å². The predicted octanol–water partition coefficient (Wildman–Crippen LogP) is 3.19. The number of halogens is 1. The average molecular weight is 363 g/mol. The molecular weight excluding hydrogens is 340 g/mol. The van der Waals surface area contributed by atoms with E-state index >= 15 is 0 Å². The van der Waals surface area contributed by atoms with Crippen LogP contribution >= 0.6 is 11.6 Å². The van der Waals surface area contributed by atoms with Gasteiger partial charge in [-0.15, -0.1) is 0 Å². The van der Waals surface area contributed by atoms with E-state index in [1.165, 1.54) is 0 Å². The zero-order chi connectivity index (χ0) is 18.1. The van der Waals surface area contributed by atoms with Gasteiger partial charge in [0.15, 0.2) is 11.5 Å². The summed E-state index contributed by atoms with van der Waals surface area (Å²) in [6, 6.07) is 15.0. The third-order valence-corrected chi connectivity index (χ3v) is 3.90. The van der Waals surface area contributed by atoms with Crippen LogP contribution in [0.2, 0.25) is 5.02 Å². The molecule has 1 atom stereocenters. The van der Waals surface area contributed by atoms with Gasteiger partial charge in [-0.1, -0.05) is 35.9 Å². The number of carbonyl (C=O) groups is 1. The van der Waals surface area contributed by atoms with Crippen molar-refractivity contribution >= 4 is 17.5 Å². The lowest BCUT2D eigenvalue weighted by Crippen LogP contribution is -2.37. The van der Waals surface area contributed by atoms with E-state index in [0.29, 0.717) is 29.7 Å². The summed E-state index contributed by atoms with van der Waals surface area (Å²) in [6.07, 6.45) is 0. The molecule has 5 nitrogen and oxygen atoms in total.